The number of rotatable bonds is 6. The minimum absolute atomic E-state index is 0.0471. The van der Waals surface area contributed by atoms with Crippen LogP contribution in [0.1, 0.15) is 38.5 Å². The van der Waals surface area contributed by atoms with Crippen LogP contribution in [-0.2, 0) is 9.53 Å². The summed E-state index contributed by atoms with van der Waals surface area (Å²) in [6, 6.07) is 0. The largest absolute Gasteiger partial charge is 0.394 e. The molecule has 2 rings (SSSR count). The van der Waals surface area contributed by atoms with Crippen molar-refractivity contribution in [2.24, 2.45) is 5.92 Å². The molecule has 2 N–H and O–H groups in total. The number of aliphatic hydroxyl groups excluding tert-OH is 1. The highest BCUT2D eigenvalue weighted by Crippen LogP contribution is 2.30. The minimum Gasteiger partial charge on any atom is -0.394 e. The van der Waals surface area contributed by atoms with Crippen LogP contribution in [-0.4, -0.2) is 47.9 Å². The van der Waals surface area contributed by atoms with Gasteiger partial charge in [-0.15, -0.1) is 0 Å². The summed E-state index contributed by atoms with van der Waals surface area (Å²) in [7, 11) is 0. The molecule has 19 heavy (non-hydrogen) atoms. The van der Waals surface area contributed by atoms with Crippen LogP contribution in [0.5, 0.6) is 0 Å². The van der Waals surface area contributed by atoms with E-state index in [1.807, 2.05) is 11.8 Å². The van der Waals surface area contributed by atoms with Gasteiger partial charge in [-0.05, 0) is 37.2 Å². The van der Waals surface area contributed by atoms with E-state index in [-0.39, 0.29) is 24.0 Å². The molecule has 0 aromatic heterocycles. The summed E-state index contributed by atoms with van der Waals surface area (Å²) in [6.45, 7) is 1.01. The Bertz CT molecular complexity index is 286. The minimum atomic E-state index is -0.248. The number of amides is 1. The molecule has 5 heteroatoms. The maximum absolute atomic E-state index is 12.1. The molecule has 0 spiro atoms. The van der Waals surface area contributed by atoms with E-state index in [0.717, 1.165) is 37.2 Å². The molecule has 0 radical (unpaired) electrons. The molecule has 0 bridgehead atoms. The molecule has 2 aliphatic rings. The molecule has 1 aliphatic carbocycles. The highest BCUT2D eigenvalue weighted by atomic mass is 32.2. The Morgan fingerprint density at radius 3 is 2.63 bits per heavy atom. The van der Waals surface area contributed by atoms with E-state index in [1.54, 1.807) is 0 Å². The number of ether oxygens (including phenoxy) is 1. The van der Waals surface area contributed by atoms with Crippen LogP contribution in [0.4, 0.5) is 0 Å². The smallest absolute Gasteiger partial charge is 0.223 e. The Morgan fingerprint density at radius 1 is 1.32 bits per heavy atom. The summed E-state index contributed by atoms with van der Waals surface area (Å²) in [6.07, 6.45) is 6.35. The maximum atomic E-state index is 12.1. The fourth-order valence-electron chi connectivity index (χ4n) is 2.96. The van der Waals surface area contributed by atoms with Gasteiger partial charge in [0.05, 0.1) is 18.8 Å². The molecule has 1 heterocycles. The zero-order valence-electron chi connectivity index (χ0n) is 11.5. The predicted octanol–water partition coefficient (Wildman–Crippen LogP) is 1.57. The second-order valence-electron chi connectivity index (χ2n) is 5.57. The molecule has 1 aliphatic heterocycles. The Labute approximate surface area is 119 Å². The van der Waals surface area contributed by atoms with Gasteiger partial charge in [-0.2, -0.15) is 11.8 Å². The first kappa shape index (κ1) is 15.1. The molecule has 1 amide bonds. The summed E-state index contributed by atoms with van der Waals surface area (Å²) >= 11 is 1.94. The maximum Gasteiger partial charge on any atom is 0.223 e. The van der Waals surface area contributed by atoms with Crippen molar-refractivity contribution < 1.29 is 14.6 Å². The highest BCUT2D eigenvalue weighted by Gasteiger charge is 2.34. The standard InChI is InChI=1S/C14H25NO3S/c16-7-8-18-14(5-9-19-10-6-14)11-15-13(17)12-3-1-2-4-12/h12,16H,1-11H2,(H,15,17). The van der Waals surface area contributed by atoms with E-state index < -0.39 is 0 Å². The molecular formula is C14H25NO3S. The van der Waals surface area contributed by atoms with Crippen LogP contribution in [0, 0.1) is 5.92 Å². The van der Waals surface area contributed by atoms with Crippen molar-refractivity contribution in [3.63, 3.8) is 0 Å². The van der Waals surface area contributed by atoms with Crippen molar-refractivity contribution in [3.05, 3.63) is 0 Å². The first-order valence-electron chi connectivity index (χ1n) is 7.36. The first-order chi connectivity index (χ1) is 9.26. The van der Waals surface area contributed by atoms with E-state index in [4.69, 9.17) is 9.84 Å². The zero-order valence-corrected chi connectivity index (χ0v) is 12.3. The molecule has 1 saturated carbocycles. The number of carbonyl (C=O) groups is 1. The third kappa shape index (κ3) is 4.36. The molecular weight excluding hydrogens is 262 g/mol. The summed E-state index contributed by atoms with van der Waals surface area (Å²) in [5, 5.41) is 12.0. The quantitative estimate of drug-likeness (QED) is 0.778. The Morgan fingerprint density at radius 2 is 2.00 bits per heavy atom. The van der Waals surface area contributed by atoms with Crippen LogP contribution in [0.2, 0.25) is 0 Å². The van der Waals surface area contributed by atoms with Crippen molar-refractivity contribution >= 4 is 17.7 Å². The molecule has 0 aromatic rings. The summed E-state index contributed by atoms with van der Waals surface area (Å²) in [5.41, 5.74) is -0.248. The van der Waals surface area contributed by atoms with E-state index >= 15 is 0 Å². The third-order valence-corrected chi connectivity index (χ3v) is 5.20. The Kier molecular flexibility index (Phi) is 5.98. The van der Waals surface area contributed by atoms with Gasteiger partial charge in [-0.3, -0.25) is 4.79 Å². The second-order valence-corrected chi connectivity index (χ2v) is 6.79. The molecule has 0 aromatic carbocycles. The summed E-state index contributed by atoms with van der Waals surface area (Å²) in [5.74, 6) is 2.56. The molecule has 2 fully saturated rings. The lowest BCUT2D eigenvalue weighted by Crippen LogP contribution is -2.49. The fourth-order valence-corrected chi connectivity index (χ4v) is 4.20. The number of nitrogens with one attached hydrogen (secondary N) is 1. The number of thioether (sulfide) groups is 1. The summed E-state index contributed by atoms with van der Waals surface area (Å²) < 4.78 is 5.85. The van der Waals surface area contributed by atoms with Gasteiger partial charge in [0.15, 0.2) is 0 Å². The van der Waals surface area contributed by atoms with E-state index in [1.165, 1.54) is 12.8 Å². The van der Waals surface area contributed by atoms with Crippen molar-refractivity contribution in [2.75, 3.05) is 31.3 Å². The fraction of sp³-hybridized carbons (Fsp3) is 0.929. The van der Waals surface area contributed by atoms with Crippen LogP contribution in [0.3, 0.4) is 0 Å². The van der Waals surface area contributed by atoms with Crippen molar-refractivity contribution in [1.29, 1.82) is 0 Å². The van der Waals surface area contributed by atoms with Gasteiger partial charge < -0.3 is 15.2 Å². The number of carbonyl (C=O) groups excluding carboxylic acids is 1. The normalized spacial score (nSPS) is 23.4. The van der Waals surface area contributed by atoms with E-state index in [2.05, 4.69) is 5.32 Å². The van der Waals surface area contributed by atoms with Crippen LogP contribution < -0.4 is 5.32 Å². The molecule has 0 atom stereocenters. The number of hydrogen-bond acceptors (Lipinski definition) is 4. The zero-order chi connectivity index (χ0) is 13.6. The number of hydrogen-bond donors (Lipinski definition) is 2. The van der Waals surface area contributed by atoms with E-state index in [9.17, 15) is 4.79 Å². The van der Waals surface area contributed by atoms with Gasteiger partial charge in [-0.25, -0.2) is 0 Å². The third-order valence-electron chi connectivity index (χ3n) is 4.21. The van der Waals surface area contributed by atoms with Crippen LogP contribution >= 0.6 is 11.8 Å². The monoisotopic (exact) mass is 287 g/mol. The van der Waals surface area contributed by atoms with Gasteiger partial charge in [0.25, 0.3) is 0 Å². The summed E-state index contributed by atoms with van der Waals surface area (Å²) in [4.78, 5) is 12.1. The van der Waals surface area contributed by atoms with Gasteiger partial charge in [0.2, 0.25) is 5.91 Å². The van der Waals surface area contributed by atoms with Crippen molar-refractivity contribution in [1.82, 2.24) is 5.32 Å². The molecule has 1 saturated heterocycles. The van der Waals surface area contributed by atoms with Crippen LogP contribution in [0.25, 0.3) is 0 Å². The molecule has 0 unspecified atom stereocenters. The SMILES string of the molecule is O=C(NCC1(OCCO)CCSCC1)C1CCCC1. The van der Waals surface area contributed by atoms with E-state index in [0.29, 0.717) is 13.2 Å². The average molecular weight is 287 g/mol. The first-order valence-corrected chi connectivity index (χ1v) is 8.51. The van der Waals surface area contributed by atoms with Gasteiger partial charge >= 0.3 is 0 Å². The molecule has 4 nitrogen and oxygen atoms in total. The lowest BCUT2D eigenvalue weighted by molar-refractivity contribution is -0.127. The van der Waals surface area contributed by atoms with Crippen molar-refractivity contribution in [3.8, 4) is 0 Å². The van der Waals surface area contributed by atoms with Crippen molar-refractivity contribution in [2.45, 2.75) is 44.1 Å². The predicted molar refractivity (Wildman–Crippen MR) is 77.3 cm³/mol. The highest BCUT2D eigenvalue weighted by molar-refractivity contribution is 7.99. The Balaban J connectivity index is 1.82. The van der Waals surface area contributed by atoms with Gasteiger partial charge in [-0.1, -0.05) is 12.8 Å². The van der Waals surface area contributed by atoms with Gasteiger partial charge in [0, 0.05) is 12.5 Å². The van der Waals surface area contributed by atoms with Gasteiger partial charge in [0.1, 0.15) is 0 Å². The average Bonchev–Trinajstić information content (AvgIpc) is 2.98. The lowest BCUT2D eigenvalue weighted by atomic mass is 9.95. The number of aliphatic hydroxyl groups is 1. The second kappa shape index (κ2) is 7.50. The Hall–Kier alpha value is -0.260. The van der Waals surface area contributed by atoms with Crippen LogP contribution in [0.15, 0.2) is 0 Å². The molecule has 110 valence electrons. The topological polar surface area (TPSA) is 58.6 Å². The lowest BCUT2D eigenvalue weighted by Gasteiger charge is -2.37.